The average molecular weight is 350 g/mol. The van der Waals surface area contributed by atoms with E-state index < -0.39 is 17.0 Å². The largest absolute Gasteiger partial charge is 0.207 e. The highest BCUT2D eigenvalue weighted by atomic mass is 35.5. The van der Waals surface area contributed by atoms with Crippen molar-refractivity contribution in [2.45, 2.75) is 11.8 Å². The van der Waals surface area contributed by atoms with E-state index in [1.807, 2.05) is 12.1 Å². The molecule has 0 radical (unpaired) electrons. The van der Waals surface area contributed by atoms with Crippen LogP contribution in [0.4, 0.5) is 8.78 Å². The van der Waals surface area contributed by atoms with Gasteiger partial charge in [0.2, 0.25) is 0 Å². The summed E-state index contributed by atoms with van der Waals surface area (Å²) in [5.41, 5.74) is 0.594. The molecule has 0 aliphatic rings. The van der Waals surface area contributed by atoms with E-state index in [1.54, 1.807) is 12.1 Å². The van der Waals surface area contributed by atoms with Gasteiger partial charge in [-0.2, -0.15) is 0 Å². The molecule has 0 fully saturated rings. The molecule has 2 aromatic rings. The molecule has 2 rings (SSSR count). The first-order chi connectivity index (χ1) is 10.0. The first-order valence-electron chi connectivity index (χ1n) is 6.33. The van der Waals surface area contributed by atoms with E-state index in [0.29, 0.717) is 17.0 Å². The molecule has 0 N–H and O–H groups in total. The van der Waals surface area contributed by atoms with E-state index in [2.05, 4.69) is 0 Å². The smallest absolute Gasteiger partial charge is 0.126 e. The van der Waals surface area contributed by atoms with Gasteiger partial charge >= 0.3 is 0 Å². The fourth-order valence-corrected chi connectivity index (χ4v) is 3.46. The van der Waals surface area contributed by atoms with E-state index in [1.165, 1.54) is 12.1 Å². The van der Waals surface area contributed by atoms with Gasteiger partial charge in [0, 0.05) is 28.3 Å². The third-order valence-corrected chi connectivity index (χ3v) is 4.77. The minimum absolute atomic E-state index is 0.193. The van der Waals surface area contributed by atoms with E-state index in [0.717, 1.165) is 11.6 Å². The summed E-state index contributed by atoms with van der Waals surface area (Å²) in [4.78, 5) is 0. The van der Waals surface area contributed by atoms with Crippen LogP contribution in [0.5, 0.6) is 0 Å². The molecular formula is C16H13Cl3F2. The van der Waals surface area contributed by atoms with Gasteiger partial charge in [0.05, 0.1) is 0 Å². The van der Waals surface area contributed by atoms with Crippen LogP contribution in [0.1, 0.15) is 11.1 Å². The number of rotatable bonds is 5. The Balaban J connectivity index is 2.45. The Morgan fingerprint density at radius 2 is 1.48 bits per heavy atom. The van der Waals surface area contributed by atoms with Gasteiger partial charge in [-0.15, -0.1) is 23.2 Å². The zero-order valence-corrected chi connectivity index (χ0v) is 13.3. The Morgan fingerprint density at radius 3 is 2.00 bits per heavy atom. The lowest BCUT2D eigenvalue weighted by Gasteiger charge is -2.31. The number of benzene rings is 2. The van der Waals surface area contributed by atoms with Crippen molar-refractivity contribution in [3.63, 3.8) is 0 Å². The number of hydrogen-bond acceptors (Lipinski definition) is 0. The third-order valence-electron chi connectivity index (χ3n) is 3.42. The average Bonchev–Trinajstić information content (AvgIpc) is 2.44. The molecule has 0 saturated carbocycles. The van der Waals surface area contributed by atoms with Crippen molar-refractivity contribution in [3.8, 4) is 0 Å². The van der Waals surface area contributed by atoms with Gasteiger partial charge in [-0.05, 0) is 35.7 Å². The monoisotopic (exact) mass is 348 g/mol. The first kappa shape index (κ1) is 16.5. The maximum absolute atomic E-state index is 13.4. The lowest BCUT2D eigenvalue weighted by Crippen LogP contribution is -2.33. The highest BCUT2D eigenvalue weighted by Crippen LogP contribution is 2.36. The zero-order chi connectivity index (χ0) is 15.5. The lowest BCUT2D eigenvalue weighted by atomic mass is 9.78. The summed E-state index contributed by atoms with van der Waals surface area (Å²) in [6.45, 7) is 0. The Bertz CT molecular complexity index is 604. The summed E-state index contributed by atoms with van der Waals surface area (Å²) in [7, 11) is 0. The van der Waals surface area contributed by atoms with Crippen LogP contribution in [0.3, 0.4) is 0 Å². The molecule has 0 unspecified atom stereocenters. The van der Waals surface area contributed by atoms with Gasteiger partial charge in [-0.3, -0.25) is 0 Å². The van der Waals surface area contributed by atoms with Crippen LogP contribution in [0.15, 0.2) is 42.5 Å². The van der Waals surface area contributed by atoms with Gasteiger partial charge in [0.15, 0.2) is 0 Å². The van der Waals surface area contributed by atoms with E-state index >= 15 is 0 Å². The van der Waals surface area contributed by atoms with Crippen LogP contribution in [0.25, 0.3) is 0 Å². The predicted octanol–water partition coefficient (Wildman–Crippen LogP) is 5.58. The highest BCUT2D eigenvalue weighted by molar-refractivity contribution is 6.32. The Hall–Kier alpha value is -0.830. The Labute approximate surface area is 137 Å². The molecule has 0 aliphatic carbocycles. The van der Waals surface area contributed by atoms with Gasteiger partial charge in [0.1, 0.15) is 11.6 Å². The van der Waals surface area contributed by atoms with Crippen molar-refractivity contribution >= 4 is 34.8 Å². The maximum atomic E-state index is 13.4. The van der Waals surface area contributed by atoms with Gasteiger partial charge < -0.3 is 0 Å². The van der Waals surface area contributed by atoms with Gasteiger partial charge in [-0.1, -0.05) is 29.8 Å². The quantitative estimate of drug-likeness (QED) is 0.618. The van der Waals surface area contributed by atoms with Crippen LogP contribution in [-0.2, 0) is 11.8 Å². The second-order valence-electron chi connectivity index (χ2n) is 4.98. The van der Waals surface area contributed by atoms with Crippen LogP contribution >= 0.6 is 34.8 Å². The normalized spacial score (nSPS) is 11.7. The number of hydrogen-bond donors (Lipinski definition) is 0. The van der Waals surface area contributed by atoms with Crippen molar-refractivity contribution in [2.24, 2.45) is 0 Å². The lowest BCUT2D eigenvalue weighted by molar-refractivity contribution is 0.526. The number of halogens is 5. The molecule has 0 heterocycles. The fraction of sp³-hybridized carbons (Fsp3) is 0.250. The SMILES string of the molecule is Fc1cc(F)cc(CC(CCl)(CCl)c2ccccc2Cl)c1. The van der Waals surface area contributed by atoms with Gasteiger partial charge in [0.25, 0.3) is 0 Å². The summed E-state index contributed by atoms with van der Waals surface area (Å²) >= 11 is 18.5. The molecule has 0 bridgehead atoms. The molecule has 5 heteroatoms. The Morgan fingerprint density at radius 1 is 0.905 bits per heavy atom. The van der Waals surface area contributed by atoms with E-state index in [-0.39, 0.29) is 11.8 Å². The minimum Gasteiger partial charge on any atom is -0.207 e. The van der Waals surface area contributed by atoms with Crippen molar-refractivity contribution < 1.29 is 8.78 Å². The third kappa shape index (κ3) is 3.68. The molecule has 0 atom stereocenters. The summed E-state index contributed by atoms with van der Waals surface area (Å²) in [5.74, 6) is -0.860. The molecule has 2 aromatic carbocycles. The molecule has 0 aromatic heterocycles. The standard InChI is InChI=1S/C16H13Cl3F2/c17-9-16(10-18,14-3-1-2-4-15(14)19)8-11-5-12(20)7-13(21)6-11/h1-7H,8-10H2. The molecule has 0 nitrogen and oxygen atoms in total. The fourth-order valence-electron chi connectivity index (χ4n) is 2.36. The minimum atomic E-state index is -0.679. The Kier molecular flexibility index (Phi) is 5.48. The van der Waals surface area contributed by atoms with Crippen molar-refractivity contribution in [1.82, 2.24) is 0 Å². The molecular weight excluding hydrogens is 337 g/mol. The molecule has 0 spiro atoms. The molecule has 0 amide bonds. The summed E-state index contributed by atoms with van der Waals surface area (Å²) in [6.07, 6.45) is 0.304. The summed E-state index contributed by atoms with van der Waals surface area (Å²) in [6, 6.07) is 10.6. The van der Waals surface area contributed by atoms with Crippen LogP contribution in [0, 0.1) is 11.6 Å². The van der Waals surface area contributed by atoms with Gasteiger partial charge in [-0.25, -0.2) is 8.78 Å². The zero-order valence-electron chi connectivity index (χ0n) is 11.1. The van der Waals surface area contributed by atoms with E-state index in [4.69, 9.17) is 34.8 Å². The molecule has 0 saturated heterocycles. The number of alkyl halides is 2. The van der Waals surface area contributed by atoms with Crippen LogP contribution in [-0.4, -0.2) is 11.8 Å². The second-order valence-corrected chi connectivity index (χ2v) is 5.92. The predicted molar refractivity (Wildman–Crippen MR) is 84.6 cm³/mol. The molecule has 0 aliphatic heterocycles. The van der Waals surface area contributed by atoms with Crippen molar-refractivity contribution in [1.29, 1.82) is 0 Å². The molecule has 112 valence electrons. The highest BCUT2D eigenvalue weighted by Gasteiger charge is 2.33. The van der Waals surface area contributed by atoms with E-state index in [9.17, 15) is 8.78 Å². The van der Waals surface area contributed by atoms with Crippen LogP contribution in [0.2, 0.25) is 5.02 Å². The second kappa shape index (κ2) is 6.95. The molecule has 21 heavy (non-hydrogen) atoms. The van der Waals surface area contributed by atoms with Crippen LogP contribution < -0.4 is 0 Å². The topological polar surface area (TPSA) is 0 Å². The summed E-state index contributed by atoms with van der Waals surface area (Å²) < 4.78 is 26.7. The first-order valence-corrected chi connectivity index (χ1v) is 7.77. The maximum Gasteiger partial charge on any atom is 0.126 e. The van der Waals surface area contributed by atoms with Crippen molar-refractivity contribution in [3.05, 3.63) is 70.2 Å². The summed E-state index contributed by atoms with van der Waals surface area (Å²) in [5, 5.41) is 0.538. The van der Waals surface area contributed by atoms with Crippen molar-refractivity contribution in [2.75, 3.05) is 11.8 Å².